The van der Waals surface area contributed by atoms with Crippen molar-refractivity contribution in [1.29, 1.82) is 0 Å². The van der Waals surface area contributed by atoms with Gasteiger partial charge in [0.15, 0.2) is 11.6 Å². The van der Waals surface area contributed by atoms with E-state index in [0.29, 0.717) is 18.0 Å². The molecular weight excluding hydrogens is 300 g/mol. The molecule has 2 rings (SSSR count). The minimum atomic E-state index is -1.50. The second-order valence-electron chi connectivity index (χ2n) is 4.40. The van der Waals surface area contributed by atoms with Crippen LogP contribution in [0.4, 0.5) is 14.5 Å². The van der Waals surface area contributed by atoms with Gasteiger partial charge >= 0.3 is 5.97 Å². The third-order valence-electron chi connectivity index (χ3n) is 2.96. The van der Waals surface area contributed by atoms with Gasteiger partial charge in [0.05, 0.1) is 11.3 Å². The molecule has 0 fully saturated rings. The minimum absolute atomic E-state index is 0.0635. The predicted molar refractivity (Wildman–Crippen MR) is 77.0 cm³/mol. The van der Waals surface area contributed by atoms with Crippen LogP contribution in [-0.2, 0) is 6.42 Å². The van der Waals surface area contributed by atoms with E-state index in [9.17, 15) is 13.6 Å². The van der Waals surface area contributed by atoms with Crippen molar-refractivity contribution in [1.82, 2.24) is 0 Å². The largest absolute Gasteiger partial charge is 0.478 e. The van der Waals surface area contributed by atoms with Gasteiger partial charge in [-0.2, -0.15) is 0 Å². The molecule has 0 unspecified atom stereocenters. The number of rotatable bonds is 5. The quantitative estimate of drug-likeness (QED) is 0.878. The van der Waals surface area contributed by atoms with E-state index in [1.165, 1.54) is 6.07 Å². The van der Waals surface area contributed by atoms with Crippen molar-refractivity contribution in [2.24, 2.45) is 0 Å². The Kier molecular flexibility index (Phi) is 4.75. The molecule has 0 aliphatic rings. The number of nitrogens with one attached hydrogen (secondary N) is 1. The molecule has 0 saturated carbocycles. The van der Waals surface area contributed by atoms with E-state index in [1.54, 1.807) is 12.1 Å². The van der Waals surface area contributed by atoms with Gasteiger partial charge in [0.2, 0.25) is 0 Å². The lowest BCUT2D eigenvalue weighted by Gasteiger charge is -2.09. The summed E-state index contributed by atoms with van der Waals surface area (Å²) in [6.45, 7) is 0.379. The number of carbonyl (C=O) groups is 1. The summed E-state index contributed by atoms with van der Waals surface area (Å²) in [6.07, 6.45) is 0.596. The van der Waals surface area contributed by atoms with Crippen LogP contribution in [0.1, 0.15) is 15.9 Å². The Bertz CT molecular complexity index is 659. The Balaban J connectivity index is 2.02. The van der Waals surface area contributed by atoms with Crippen LogP contribution in [0.5, 0.6) is 0 Å². The topological polar surface area (TPSA) is 49.3 Å². The number of anilines is 1. The minimum Gasteiger partial charge on any atom is -0.478 e. The van der Waals surface area contributed by atoms with E-state index in [-0.39, 0.29) is 5.69 Å². The average Bonchev–Trinajstić information content (AvgIpc) is 2.45. The van der Waals surface area contributed by atoms with Crippen molar-refractivity contribution >= 4 is 23.3 Å². The van der Waals surface area contributed by atoms with Gasteiger partial charge in [-0.05, 0) is 36.2 Å². The lowest BCUT2D eigenvalue weighted by atomic mass is 10.1. The molecule has 0 atom stereocenters. The van der Waals surface area contributed by atoms with Crippen LogP contribution in [-0.4, -0.2) is 17.6 Å². The van der Waals surface area contributed by atoms with E-state index < -0.39 is 23.2 Å². The number of carboxylic acids is 1. The monoisotopic (exact) mass is 311 g/mol. The van der Waals surface area contributed by atoms with Crippen LogP contribution in [0.2, 0.25) is 5.02 Å². The van der Waals surface area contributed by atoms with Gasteiger partial charge in [0.1, 0.15) is 0 Å². The number of hydrogen-bond donors (Lipinski definition) is 2. The highest BCUT2D eigenvalue weighted by molar-refractivity contribution is 6.30. The molecule has 0 aliphatic heterocycles. The molecule has 0 radical (unpaired) electrons. The van der Waals surface area contributed by atoms with E-state index in [4.69, 9.17) is 16.7 Å². The molecule has 21 heavy (non-hydrogen) atoms. The van der Waals surface area contributed by atoms with Crippen molar-refractivity contribution < 1.29 is 18.7 Å². The molecule has 0 spiro atoms. The van der Waals surface area contributed by atoms with Gasteiger partial charge in [-0.3, -0.25) is 0 Å². The molecule has 3 nitrogen and oxygen atoms in total. The lowest BCUT2D eigenvalue weighted by Crippen LogP contribution is -2.10. The summed E-state index contributed by atoms with van der Waals surface area (Å²) in [5.41, 5.74) is 0.247. The Morgan fingerprint density at radius 3 is 2.38 bits per heavy atom. The predicted octanol–water partition coefficient (Wildman–Crippen LogP) is 3.97. The zero-order chi connectivity index (χ0) is 15.4. The van der Waals surface area contributed by atoms with E-state index in [0.717, 1.165) is 11.6 Å². The van der Waals surface area contributed by atoms with Crippen LogP contribution >= 0.6 is 11.6 Å². The zero-order valence-corrected chi connectivity index (χ0v) is 11.6. The van der Waals surface area contributed by atoms with Crippen molar-refractivity contribution in [3.8, 4) is 0 Å². The number of aromatic carboxylic acids is 1. The molecule has 2 N–H and O–H groups in total. The highest BCUT2D eigenvalue weighted by atomic mass is 35.5. The van der Waals surface area contributed by atoms with Gasteiger partial charge in [0.25, 0.3) is 0 Å². The summed E-state index contributed by atoms with van der Waals surface area (Å²) in [7, 11) is 0. The summed E-state index contributed by atoms with van der Waals surface area (Å²) in [4.78, 5) is 10.7. The van der Waals surface area contributed by atoms with Gasteiger partial charge < -0.3 is 10.4 Å². The highest BCUT2D eigenvalue weighted by Gasteiger charge is 2.17. The Hall–Kier alpha value is -2.14. The first kappa shape index (κ1) is 15.3. The number of halogens is 3. The molecule has 110 valence electrons. The molecule has 2 aromatic carbocycles. The van der Waals surface area contributed by atoms with Crippen LogP contribution in [0, 0.1) is 11.6 Å². The van der Waals surface area contributed by atoms with Crippen molar-refractivity contribution in [2.75, 3.05) is 11.9 Å². The van der Waals surface area contributed by atoms with Crippen molar-refractivity contribution in [2.45, 2.75) is 6.42 Å². The second kappa shape index (κ2) is 6.54. The van der Waals surface area contributed by atoms with E-state index >= 15 is 0 Å². The standard InChI is InChI=1S/C15H12ClF2NO2/c16-10-3-1-9(2-4-10)7-8-19-12-6-5-11(15(20)21)13(17)14(12)18/h1-6,19H,7-8H2,(H,20,21). The summed E-state index contributed by atoms with van der Waals surface area (Å²) < 4.78 is 27.2. The number of carboxylic acid groups (broad SMARTS) is 1. The normalized spacial score (nSPS) is 10.4. The summed E-state index contributed by atoms with van der Waals surface area (Å²) in [6, 6.07) is 9.43. The number of benzene rings is 2. The van der Waals surface area contributed by atoms with Crippen molar-refractivity contribution in [3.05, 3.63) is 64.2 Å². The second-order valence-corrected chi connectivity index (χ2v) is 4.83. The molecule has 0 aliphatic carbocycles. The lowest BCUT2D eigenvalue weighted by molar-refractivity contribution is 0.0690. The SMILES string of the molecule is O=C(O)c1ccc(NCCc2ccc(Cl)cc2)c(F)c1F. The van der Waals surface area contributed by atoms with Crippen LogP contribution in [0.15, 0.2) is 36.4 Å². The third-order valence-corrected chi connectivity index (χ3v) is 3.21. The van der Waals surface area contributed by atoms with E-state index in [1.807, 2.05) is 12.1 Å². The maximum atomic E-state index is 13.7. The molecular formula is C15H12ClF2NO2. The Labute approximate surface area is 125 Å². The first-order valence-corrected chi connectivity index (χ1v) is 6.56. The van der Waals surface area contributed by atoms with Crippen LogP contribution < -0.4 is 5.32 Å². The van der Waals surface area contributed by atoms with Gasteiger partial charge in [-0.15, -0.1) is 0 Å². The van der Waals surface area contributed by atoms with Crippen LogP contribution in [0.3, 0.4) is 0 Å². The fourth-order valence-electron chi connectivity index (χ4n) is 1.84. The fourth-order valence-corrected chi connectivity index (χ4v) is 1.97. The average molecular weight is 312 g/mol. The molecule has 6 heteroatoms. The maximum Gasteiger partial charge on any atom is 0.338 e. The van der Waals surface area contributed by atoms with Gasteiger partial charge in [-0.1, -0.05) is 23.7 Å². The Morgan fingerprint density at radius 2 is 1.76 bits per heavy atom. The first-order valence-electron chi connectivity index (χ1n) is 6.18. The molecule has 0 saturated heterocycles. The van der Waals surface area contributed by atoms with E-state index in [2.05, 4.69) is 5.32 Å². The highest BCUT2D eigenvalue weighted by Crippen LogP contribution is 2.20. The molecule has 2 aromatic rings. The summed E-state index contributed by atoms with van der Waals surface area (Å²) >= 11 is 5.77. The van der Waals surface area contributed by atoms with Gasteiger partial charge in [-0.25, -0.2) is 13.6 Å². The Morgan fingerprint density at radius 1 is 1.10 bits per heavy atom. The zero-order valence-electron chi connectivity index (χ0n) is 10.9. The van der Waals surface area contributed by atoms with Gasteiger partial charge in [0, 0.05) is 11.6 Å². The number of hydrogen-bond acceptors (Lipinski definition) is 2. The van der Waals surface area contributed by atoms with Crippen LogP contribution in [0.25, 0.3) is 0 Å². The van der Waals surface area contributed by atoms with Crippen molar-refractivity contribution in [3.63, 3.8) is 0 Å². The smallest absolute Gasteiger partial charge is 0.338 e. The summed E-state index contributed by atoms with van der Waals surface area (Å²) in [5, 5.41) is 12.1. The first-order chi connectivity index (χ1) is 9.99. The third kappa shape index (κ3) is 3.70. The molecule has 0 amide bonds. The molecule has 0 bridgehead atoms. The molecule has 0 aromatic heterocycles. The molecule has 0 heterocycles. The maximum absolute atomic E-state index is 13.7. The summed E-state index contributed by atoms with van der Waals surface area (Å²) in [5.74, 6) is -4.05. The fraction of sp³-hybridized carbons (Fsp3) is 0.133.